The molecule has 1 rings (SSSR count). The molecule has 0 aromatic carbocycles. The molecule has 0 fully saturated rings. The molecule has 1 heterocycles. The molecule has 1 aromatic heterocycles. The molecular weight excluding hydrogens is 142 g/mol. The number of H-pyrrole nitrogens is 1. The van der Waals surface area contributed by atoms with Crippen LogP contribution in [0.1, 0.15) is 6.92 Å². The van der Waals surface area contributed by atoms with Gasteiger partial charge in [0.25, 0.3) is 0 Å². The third-order valence-electron chi connectivity index (χ3n) is 0.810. The number of hydrogen-bond donors (Lipinski definition) is 2. The Bertz CT molecular complexity index is 161. The maximum Gasteiger partial charge on any atom is 0.230 e. The SMILES string of the molecule is CC(=O)NN.c1cc[nH+]cc1. The van der Waals surface area contributed by atoms with Crippen molar-refractivity contribution in [3.63, 3.8) is 0 Å². The molecule has 4 N–H and O–H groups in total. The van der Waals surface area contributed by atoms with Crippen molar-refractivity contribution in [1.29, 1.82) is 0 Å². The Morgan fingerprint density at radius 3 is 1.91 bits per heavy atom. The Morgan fingerprint density at radius 1 is 1.36 bits per heavy atom. The lowest BCUT2D eigenvalue weighted by Gasteiger charge is -1.80. The zero-order chi connectivity index (χ0) is 8.53. The molecule has 0 saturated heterocycles. The van der Waals surface area contributed by atoms with Crippen LogP contribution in [0.5, 0.6) is 0 Å². The minimum Gasteiger partial charge on any atom is -0.295 e. The molecule has 0 aliphatic rings. The lowest BCUT2D eigenvalue weighted by Crippen LogP contribution is -2.26. The molecule has 4 heteroatoms. The summed E-state index contributed by atoms with van der Waals surface area (Å²) in [6.45, 7) is 1.35. The summed E-state index contributed by atoms with van der Waals surface area (Å²) in [5, 5.41) is 0. The molecule has 0 radical (unpaired) electrons. The Balaban J connectivity index is 0.000000187. The number of nitrogens with one attached hydrogen (secondary N) is 2. The van der Waals surface area contributed by atoms with Crippen LogP contribution in [-0.2, 0) is 4.79 Å². The highest BCUT2D eigenvalue weighted by molar-refractivity contribution is 5.71. The molecule has 0 atom stereocenters. The third kappa shape index (κ3) is 8.58. The Hall–Kier alpha value is -1.42. The molecule has 0 spiro atoms. The van der Waals surface area contributed by atoms with Gasteiger partial charge in [0, 0.05) is 19.1 Å². The summed E-state index contributed by atoms with van der Waals surface area (Å²) in [7, 11) is 0. The molecular formula is C7H12N3O+. The fourth-order valence-electron chi connectivity index (χ4n) is 0.342. The summed E-state index contributed by atoms with van der Waals surface area (Å²) < 4.78 is 0. The molecule has 0 aliphatic carbocycles. The average molecular weight is 154 g/mol. The van der Waals surface area contributed by atoms with Gasteiger partial charge in [-0.25, -0.2) is 10.8 Å². The van der Waals surface area contributed by atoms with Gasteiger partial charge in [0.1, 0.15) is 0 Å². The summed E-state index contributed by atoms with van der Waals surface area (Å²) in [6.07, 6.45) is 3.75. The molecule has 0 unspecified atom stereocenters. The van der Waals surface area contributed by atoms with Gasteiger partial charge in [0.2, 0.25) is 5.91 Å². The lowest BCUT2D eigenvalue weighted by atomic mass is 10.5. The van der Waals surface area contributed by atoms with E-state index in [2.05, 4.69) is 10.8 Å². The smallest absolute Gasteiger partial charge is 0.230 e. The highest BCUT2D eigenvalue weighted by Gasteiger charge is 1.73. The number of aromatic nitrogens is 1. The van der Waals surface area contributed by atoms with Gasteiger partial charge < -0.3 is 0 Å². The van der Waals surface area contributed by atoms with Crippen LogP contribution in [0.25, 0.3) is 0 Å². The van der Waals surface area contributed by atoms with Crippen molar-refractivity contribution in [2.24, 2.45) is 5.84 Å². The van der Waals surface area contributed by atoms with Gasteiger partial charge in [-0.1, -0.05) is 6.07 Å². The maximum atomic E-state index is 9.58. The van der Waals surface area contributed by atoms with Gasteiger partial charge >= 0.3 is 0 Å². The first-order chi connectivity index (χ1) is 5.27. The van der Waals surface area contributed by atoms with E-state index in [1.165, 1.54) is 6.92 Å². The molecule has 1 amide bonds. The van der Waals surface area contributed by atoms with E-state index in [1.807, 2.05) is 36.0 Å². The summed E-state index contributed by atoms with van der Waals surface area (Å²) >= 11 is 0. The molecule has 60 valence electrons. The second-order valence-corrected chi connectivity index (χ2v) is 1.78. The quantitative estimate of drug-likeness (QED) is 0.300. The number of carbonyl (C=O) groups is 1. The second kappa shape index (κ2) is 6.70. The normalized spacial score (nSPS) is 7.45. The molecule has 11 heavy (non-hydrogen) atoms. The molecule has 0 bridgehead atoms. The first-order valence-electron chi connectivity index (χ1n) is 3.15. The van der Waals surface area contributed by atoms with E-state index in [9.17, 15) is 4.79 Å². The van der Waals surface area contributed by atoms with Crippen molar-refractivity contribution >= 4 is 5.91 Å². The Labute approximate surface area is 65.4 Å². The molecule has 0 saturated carbocycles. The number of pyridine rings is 1. The number of amides is 1. The fourth-order valence-corrected chi connectivity index (χ4v) is 0.342. The Morgan fingerprint density at radius 2 is 1.82 bits per heavy atom. The van der Waals surface area contributed by atoms with Gasteiger partial charge in [-0.3, -0.25) is 10.2 Å². The summed E-state index contributed by atoms with van der Waals surface area (Å²) in [6, 6.07) is 5.86. The number of rotatable bonds is 0. The van der Waals surface area contributed by atoms with E-state index >= 15 is 0 Å². The standard InChI is InChI=1S/C5H5N.C2H6N2O/c1-2-4-6-5-3-1;1-2(5)4-3/h1-5H;3H2,1H3,(H,4,5)/p+1. The molecule has 1 aromatic rings. The van der Waals surface area contributed by atoms with E-state index < -0.39 is 0 Å². The number of hydrogen-bond acceptors (Lipinski definition) is 2. The number of aromatic amines is 1. The van der Waals surface area contributed by atoms with E-state index in [0.29, 0.717) is 0 Å². The van der Waals surface area contributed by atoms with E-state index in [4.69, 9.17) is 0 Å². The van der Waals surface area contributed by atoms with E-state index in [1.54, 1.807) is 0 Å². The summed E-state index contributed by atoms with van der Waals surface area (Å²) in [5.41, 5.74) is 1.89. The number of hydrazine groups is 1. The fraction of sp³-hybridized carbons (Fsp3) is 0.143. The van der Waals surface area contributed by atoms with Crippen molar-refractivity contribution in [3.05, 3.63) is 30.6 Å². The van der Waals surface area contributed by atoms with Gasteiger partial charge in [-0.2, -0.15) is 0 Å². The van der Waals surface area contributed by atoms with E-state index in [0.717, 1.165) is 0 Å². The topological polar surface area (TPSA) is 69.3 Å². The molecule has 0 aliphatic heterocycles. The minimum atomic E-state index is -0.218. The number of carbonyl (C=O) groups excluding carboxylic acids is 1. The maximum absolute atomic E-state index is 9.58. The van der Waals surface area contributed by atoms with Crippen molar-refractivity contribution < 1.29 is 9.78 Å². The van der Waals surface area contributed by atoms with Crippen LogP contribution in [-0.4, -0.2) is 5.91 Å². The van der Waals surface area contributed by atoms with Crippen LogP contribution in [0.2, 0.25) is 0 Å². The van der Waals surface area contributed by atoms with E-state index in [-0.39, 0.29) is 5.91 Å². The van der Waals surface area contributed by atoms with Gasteiger partial charge in [0.05, 0.1) is 0 Å². The second-order valence-electron chi connectivity index (χ2n) is 1.78. The predicted molar refractivity (Wildman–Crippen MR) is 41.0 cm³/mol. The Kier molecular flexibility index (Phi) is 5.83. The average Bonchev–Trinajstić information content (AvgIpc) is 2.09. The minimum absolute atomic E-state index is 0.218. The van der Waals surface area contributed by atoms with Crippen LogP contribution in [0, 0.1) is 0 Å². The number of nitrogens with two attached hydrogens (primary N) is 1. The van der Waals surface area contributed by atoms with Crippen LogP contribution in [0.4, 0.5) is 0 Å². The lowest BCUT2D eigenvalue weighted by molar-refractivity contribution is -0.377. The van der Waals surface area contributed by atoms with Crippen molar-refractivity contribution in [2.45, 2.75) is 6.92 Å². The van der Waals surface area contributed by atoms with Gasteiger partial charge in [-0.05, 0) is 0 Å². The molecule has 4 nitrogen and oxygen atoms in total. The van der Waals surface area contributed by atoms with Crippen molar-refractivity contribution in [3.8, 4) is 0 Å². The third-order valence-corrected chi connectivity index (χ3v) is 0.810. The predicted octanol–water partition coefficient (Wildman–Crippen LogP) is -0.503. The van der Waals surface area contributed by atoms with Crippen molar-refractivity contribution in [1.82, 2.24) is 5.43 Å². The van der Waals surface area contributed by atoms with Crippen LogP contribution in [0.15, 0.2) is 30.6 Å². The zero-order valence-corrected chi connectivity index (χ0v) is 6.37. The van der Waals surface area contributed by atoms with Gasteiger partial charge in [-0.15, -0.1) is 0 Å². The largest absolute Gasteiger partial charge is 0.295 e. The van der Waals surface area contributed by atoms with Crippen molar-refractivity contribution in [2.75, 3.05) is 0 Å². The summed E-state index contributed by atoms with van der Waals surface area (Å²) in [4.78, 5) is 12.5. The first-order valence-corrected chi connectivity index (χ1v) is 3.15. The van der Waals surface area contributed by atoms with Gasteiger partial charge in [0.15, 0.2) is 12.4 Å². The first kappa shape index (κ1) is 9.58. The summed E-state index contributed by atoms with van der Waals surface area (Å²) in [5.74, 6) is 4.35. The van der Waals surface area contributed by atoms with Crippen LogP contribution < -0.4 is 16.3 Å². The monoisotopic (exact) mass is 154 g/mol. The van der Waals surface area contributed by atoms with Crippen LogP contribution in [0.3, 0.4) is 0 Å². The zero-order valence-electron chi connectivity index (χ0n) is 6.37. The highest BCUT2D eigenvalue weighted by Crippen LogP contribution is 1.68. The highest BCUT2D eigenvalue weighted by atomic mass is 16.2. The van der Waals surface area contributed by atoms with Crippen LogP contribution >= 0.6 is 0 Å².